The summed E-state index contributed by atoms with van der Waals surface area (Å²) in [5.41, 5.74) is 6.37. The van der Waals surface area contributed by atoms with Crippen molar-refractivity contribution in [3.8, 4) is 5.69 Å². The van der Waals surface area contributed by atoms with Crippen LogP contribution in [0.3, 0.4) is 0 Å². The number of rotatable bonds is 3. The predicted octanol–water partition coefficient (Wildman–Crippen LogP) is 4.89. The highest BCUT2D eigenvalue weighted by Crippen LogP contribution is 2.22. The second kappa shape index (κ2) is 6.48. The van der Waals surface area contributed by atoms with Crippen LogP contribution >= 0.6 is 0 Å². The third-order valence-electron chi connectivity index (χ3n) is 4.56. The van der Waals surface area contributed by atoms with Crippen molar-refractivity contribution in [3.05, 3.63) is 89.7 Å². The molecule has 0 aliphatic rings. The van der Waals surface area contributed by atoms with E-state index in [0.717, 1.165) is 33.5 Å². The maximum atomic E-state index is 12.7. The molecule has 0 aliphatic heterocycles. The molecule has 0 bridgehead atoms. The highest BCUT2D eigenvalue weighted by Gasteiger charge is 2.12. The van der Waals surface area contributed by atoms with Crippen LogP contribution in [0, 0.1) is 13.8 Å². The van der Waals surface area contributed by atoms with Crippen LogP contribution in [0.2, 0.25) is 0 Å². The van der Waals surface area contributed by atoms with Gasteiger partial charge in [0.05, 0.1) is 11.0 Å². The van der Waals surface area contributed by atoms with Crippen LogP contribution in [-0.4, -0.2) is 15.5 Å². The zero-order chi connectivity index (χ0) is 18.1. The molecule has 1 heterocycles. The van der Waals surface area contributed by atoms with E-state index in [9.17, 15) is 4.79 Å². The Hall–Kier alpha value is -3.40. The number of anilines is 1. The first-order valence-electron chi connectivity index (χ1n) is 8.53. The summed E-state index contributed by atoms with van der Waals surface area (Å²) in [6.45, 7) is 3.99. The van der Waals surface area contributed by atoms with Gasteiger partial charge in [0.25, 0.3) is 5.91 Å². The van der Waals surface area contributed by atoms with Crippen LogP contribution in [0.4, 0.5) is 5.69 Å². The highest BCUT2D eigenvalue weighted by molar-refractivity contribution is 6.06. The van der Waals surface area contributed by atoms with Crippen molar-refractivity contribution >= 4 is 22.6 Å². The molecule has 26 heavy (non-hydrogen) atoms. The molecule has 128 valence electrons. The average Bonchev–Trinajstić information content (AvgIpc) is 3.08. The normalized spacial score (nSPS) is 10.8. The van der Waals surface area contributed by atoms with Crippen molar-refractivity contribution in [3.63, 3.8) is 0 Å². The Morgan fingerprint density at radius 1 is 0.923 bits per heavy atom. The first-order valence-corrected chi connectivity index (χ1v) is 8.53. The number of carbonyl (C=O) groups excluding carboxylic acids is 1. The Morgan fingerprint density at radius 3 is 2.38 bits per heavy atom. The van der Waals surface area contributed by atoms with E-state index in [1.807, 2.05) is 85.1 Å². The Labute approximate surface area is 152 Å². The number of nitrogens with zero attached hydrogens (tertiary/aromatic N) is 2. The fourth-order valence-electron chi connectivity index (χ4n) is 3.15. The van der Waals surface area contributed by atoms with Gasteiger partial charge in [0.15, 0.2) is 0 Å². The molecule has 0 unspecified atom stereocenters. The third-order valence-corrected chi connectivity index (χ3v) is 4.56. The summed E-state index contributed by atoms with van der Waals surface area (Å²) in [7, 11) is 0. The molecule has 0 saturated heterocycles. The van der Waals surface area contributed by atoms with Crippen molar-refractivity contribution in [1.82, 2.24) is 9.55 Å². The lowest BCUT2D eigenvalue weighted by Crippen LogP contribution is -2.13. The number of amides is 1. The Morgan fingerprint density at radius 2 is 1.65 bits per heavy atom. The second-order valence-corrected chi connectivity index (χ2v) is 6.37. The number of hydrogen-bond acceptors (Lipinski definition) is 2. The number of aryl methyl sites for hydroxylation is 2. The van der Waals surface area contributed by atoms with Crippen LogP contribution in [-0.2, 0) is 0 Å². The van der Waals surface area contributed by atoms with Crippen molar-refractivity contribution < 1.29 is 4.79 Å². The quantitative estimate of drug-likeness (QED) is 0.576. The Balaban J connectivity index is 1.67. The molecule has 0 aliphatic carbocycles. The lowest BCUT2D eigenvalue weighted by Gasteiger charge is -2.11. The van der Waals surface area contributed by atoms with E-state index in [1.165, 1.54) is 0 Å². The number of para-hydroxylation sites is 2. The van der Waals surface area contributed by atoms with Crippen molar-refractivity contribution in [1.29, 1.82) is 0 Å². The van der Waals surface area contributed by atoms with Gasteiger partial charge in [-0.2, -0.15) is 0 Å². The van der Waals surface area contributed by atoms with Crippen LogP contribution in [0.25, 0.3) is 16.7 Å². The molecule has 0 spiro atoms. The highest BCUT2D eigenvalue weighted by atomic mass is 16.1. The zero-order valence-electron chi connectivity index (χ0n) is 14.7. The maximum Gasteiger partial charge on any atom is 0.255 e. The van der Waals surface area contributed by atoms with Gasteiger partial charge < -0.3 is 5.32 Å². The summed E-state index contributed by atoms with van der Waals surface area (Å²) >= 11 is 0. The van der Waals surface area contributed by atoms with E-state index in [4.69, 9.17) is 0 Å². The molecular formula is C22H19N3O. The molecule has 4 rings (SSSR count). The number of imidazole rings is 1. The minimum absolute atomic E-state index is 0.126. The molecule has 3 aromatic carbocycles. The van der Waals surface area contributed by atoms with Gasteiger partial charge in [-0.05, 0) is 55.3 Å². The van der Waals surface area contributed by atoms with E-state index < -0.39 is 0 Å². The average molecular weight is 341 g/mol. The molecule has 0 radical (unpaired) electrons. The van der Waals surface area contributed by atoms with E-state index >= 15 is 0 Å². The number of aromatic nitrogens is 2. The second-order valence-electron chi connectivity index (χ2n) is 6.37. The van der Waals surface area contributed by atoms with Crippen molar-refractivity contribution in [2.75, 3.05) is 5.32 Å². The number of fused-ring (bicyclic) bond motifs is 1. The van der Waals surface area contributed by atoms with E-state index in [0.29, 0.717) is 5.56 Å². The molecule has 4 nitrogen and oxygen atoms in total. The van der Waals surface area contributed by atoms with E-state index in [2.05, 4.69) is 10.3 Å². The summed E-state index contributed by atoms with van der Waals surface area (Å²) in [5, 5.41) is 3.02. The minimum atomic E-state index is -0.126. The predicted molar refractivity (Wildman–Crippen MR) is 105 cm³/mol. The van der Waals surface area contributed by atoms with Crippen LogP contribution in [0.1, 0.15) is 21.5 Å². The minimum Gasteiger partial charge on any atom is -0.322 e. The molecule has 1 N–H and O–H groups in total. The Bertz CT molecular complexity index is 1080. The van der Waals surface area contributed by atoms with Crippen LogP contribution in [0.15, 0.2) is 73.1 Å². The van der Waals surface area contributed by atoms with Gasteiger partial charge in [-0.1, -0.05) is 36.4 Å². The topological polar surface area (TPSA) is 46.9 Å². The number of nitrogens with one attached hydrogen (secondary N) is 1. The van der Waals surface area contributed by atoms with E-state index in [1.54, 1.807) is 6.33 Å². The number of carbonyl (C=O) groups is 1. The summed E-state index contributed by atoms with van der Waals surface area (Å²) < 4.78 is 2.02. The summed E-state index contributed by atoms with van der Waals surface area (Å²) in [5.74, 6) is -0.126. The number of benzene rings is 3. The monoisotopic (exact) mass is 341 g/mol. The molecule has 4 heteroatoms. The van der Waals surface area contributed by atoms with Crippen molar-refractivity contribution in [2.24, 2.45) is 0 Å². The molecule has 0 fully saturated rings. The van der Waals surface area contributed by atoms with Gasteiger partial charge >= 0.3 is 0 Å². The SMILES string of the molecule is Cc1cccc(C)c1NC(=O)c1ccc2c(c1)ncn2-c1ccccc1. The fraction of sp³-hybridized carbons (Fsp3) is 0.0909. The Kier molecular flexibility index (Phi) is 4.01. The van der Waals surface area contributed by atoms with Gasteiger partial charge in [-0.3, -0.25) is 9.36 Å². The van der Waals surface area contributed by atoms with Gasteiger partial charge in [0.2, 0.25) is 0 Å². The molecule has 1 aromatic heterocycles. The lowest BCUT2D eigenvalue weighted by molar-refractivity contribution is 0.102. The van der Waals surface area contributed by atoms with Crippen molar-refractivity contribution in [2.45, 2.75) is 13.8 Å². The summed E-state index contributed by atoms with van der Waals surface area (Å²) in [4.78, 5) is 17.2. The van der Waals surface area contributed by atoms with Gasteiger partial charge in [-0.25, -0.2) is 4.98 Å². The first kappa shape index (κ1) is 16.1. The molecule has 0 saturated carbocycles. The van der Waals surface area contributed by atoms with Crippen LogP contribution < -0.4 is 5.32 Å². The third kappa shape index (κ3) is 2.86. The number of hydrogen-bond donors (Lipinski definition) is 1. The smallest absolute Gasteiger partial charge is 0.255 e. The standard InChI is InChI=1S/C22H19N3O/c1-15-7-6-8-16(2)21(15)24-22(26)17-11-12-20-19(13-17)23-14-25(20)18-9-4-3-5-10-18/h3-14H,1-2H3,(H,24,26). The first-order chi connectivity index (χ1) is 12.6. The maximum absolute atomic E-state index is 12.7. The lowest BCUT2D eigenvalue weighted by atomic mass is 10.1. The molecule has 0 atom stereocenters. The molecular weight excluding hydrogens is 322 g/mol. The van der Waals surface area contributed by atoms with Gasteiger partial charge in [0, 0.05) is 16.9 Å². The largest absolute Gasteiger partial charge is 0.322 e. The zero-order valence-corrected chi connectivity index (χ0v) is 14.7. The fourth-order valence-corrected chi connectivity index (χ4v) is 3.15. The van der Waals surface area contributed by atoms with E-state index in [-0.39, 0.29) is 5.91 Å². The summed E-state index contributed by atoms with van der Waals surface area (Å²) in [6, 6.07) is 21.6. The van der Waals surface area contributed by atoms with Gasteiger partial charge in [0.1, 0.15) is 6.33 Å². The van der Waals surface area contributed by atoms with Crippen LogP contribution in [0.5, 0.6) is 0 Å². The molecule has 4 aromatic rings. The van der Waals surface area contributed by atoms with Gasteiger partial charge in [-0.15, -0.1) is 0 Å². The molecule has 1 amide bonds. The summed E-state index contributed by atoms with van der Waals surface area (Å²) in [6.07, 6.45) is 1.78.